The van der Waals surface area contributed by atoms with Crippen LogP contribution in [0, 0.1) is 5.92 Å². The minimum absolute atomic E-state index is 0.112. The van der Waals surface area contributed by atoms with Crippen molar-refractivity contribution in [3.63, 3.8) is 0 Å². The van der Waals surface area contributed by atoms with Gasteiger partial charge in [-0.2, -0.15) is 0 Å². The molecule has 0 saturated heterocycles. The molecule has 0 aliphatic heterocycles. The van der Waals surface area contributed by atoms with E-state index in [-0.39, 0.29) is 12.1 Å². The molecule has 3 heteroatoms. The Bertz CT molecular complexity index is 559. The molecule has 2 aliphatic carbocycles. The second-order valence-electron chi connectivity index (χ2n) is 8.44. The summed E-state index contributed by atoms with van der Waals surface area (Å²) in [6.45, 7) is 1.01. The monoisotopic (exact) mass is 345 g/mol. The van der Waals surface area contributed by atoms with Crippen molar-refractivity contribution >= 4 is 0 Å². The lowest BCUT2D eigenvalue weighted by Gasteiger charge is -2.26. The number of hydrogen-bond acceptors (Lipinski definition) is 3. The molecule has 3 rings (SSSR count). The Morgan fingerprint density at radius 3 is 2.84 bits per heavy atom. The number of aliphatic hydroxyl groups is 1. The number of rotatable bonds is 8. The van der Waals surface area contributed by atoms with Gasteiger partial charge in [-0.1, -0.05) is 37.5 Å². The van der Waals surface area contributed by atoms with E-state index in [0.717, 1.165) is 31.8 Å². The Hall–Kier alpha value is -0.900. The normalized spacial score (nSPS) is 28.9. The first kappa shape index (κ1) is 18.9. The molecular formula is C22H35NO2. The van der Waals surface area contributed by atoms with Crippen LogP contribution < -0.4 is 5.73 Å². The molecule has 3 nitrogen and oxygen atoms in total. The van der Waals surface area contributed by atoms with E-state index in [1.165, 1.54) is 50.5 Å². The zero-order chi connectivity index (χ0) is 17.7. The number of nitrogens with two attached hydrogens (primary N) is 1. The number of methoxy groups -OCH3 is 1. The summed E-state index contributed by atoms with van der Waals surface area (Å²) in [5, 5.41) is 9.50. The number of fused-ring (bicyclic) bond motifs is 1. The highest BCUT2D eigenvalue weighted by molar-refractivity contribution is 5.36. The van der Waals surface area contributed by atoms with Crippen LogP contribution >= 0.6 is 0 Å². The van der Waals surface area contributed by atoms with Crippen LogP contribution in [0.2, 0.25) is 0 Å². The number of aliphatic hydroxyl groups excluding tert-OH is 1. The fourth-order valence-corrected chi connectivity index (χ4v) is 4.79. The van der Waals surface area contributed by atoms with Crippen molar-refractivity contribution in [2.75, 3.05) is 20.3 Å². The maximum atomic E-state index is 9.50. The van der Waals surface area contributed by atoms with Gasteiger partial charge in [-0.25, -0.2) is 0 Å². The second-order valence-corrected chi connectivity index (χ2v) is 8.44. The first-order valence-corrected chi connectivity index (χ1v) is 10.1. The summed E-state index contributed by atoms with van der Waals surface area (Å²) in [6, 6.07) is 7.14. The molecule has 0 amide bonds. The fourth-order valence-electron chi connectivity index (χ4n) is 4.79. The molecule has 0 bridgehead atoms. The molecule has 1 aromatic rings. The van der Waals surface area contributed by atoms with Crippen LogP contribution in [0.4, 0.5) is 0 Å². The highest BCUT2D eigenvalue weighted by atomic mass is 16.5. The van der Waals surface area contributed by atoms with Crippen LogP contribution in [0.3, 0.4) is 0 Å². The van der Waals surface area contributed by atoms with Crippen molar-refractivity contribution in [2.45, 2.75) is 75.7 Å². The van der Waals surface area contributed by atoms with Gasteiger partial charge in [0, 0.05) is 19.3 Å². The highest BCUT2D eigenvalue weighted by Crippen LogP contribution is 2.40. The minimum Gasteiger partial charge on any atom is -0.394 e. The lowest BCUT2D eigenvalue weighted by Crippen LogP contribution is -2.40. The van der Waals surface area contributed by atoms with Crippen molar-refractivity contribution < 1.29 is 9.84 Å². The molecule has 3 N–H and O–H groups in total. The van der Waals surface area contributed by atoms with Crippen LogP contribution in [0.15, 0.2) is 18.2 Å². The number of ether oxygens (including phenoxy) is 1. The van der Waals surface area contributed by atoms with Gasteiger partial charge >= 0.3 is 0 Å². The fraction of sp³-hybridized carbons (Fsp3) is 0.727. The lowest BCUT2D eigenvalue weighted by atomic mass is 9.79. The topological polar surface area (TPSA) is 55.5 Å². The Kier molecular flexibility index (Phi) is 6.54. The number of aryl methyl sites for hydroxylation is 1. The first-order chi connectivity index (χ1) is 12.1. The van der Waals surface area contributed by atoms with Crippen LogP contribution in [-0.4, -0.2) is 31.0 Å². The van der Waals surface area contributed by atoms with Crippen LogP contribution in [0.5, 0.6) is 0 Å². The van der Waals surface area contributed by atoms with Crippen molar-refractivity contribution in [3.8, 4) is 0 Å². The minimum atomic E-state index is -0.353. The zero-order valence-corrected chi connectivity index (χ0v) is 15.8. The Labute approximate surface area is 153 Å². The molecule has 0 heterocycles. The summed E-state index contributed by atoms with van der Waals surface area (Å²) in [6.07, 6.45) is 12.0. The van der Waals surface area contributed by atoms with Gasteiger partial charge in [0.2, 0.25) is 0 Å². The van der Waals surface area contributed by atoms with E-state index in [1.54, 1.807) is 18.2 Å². The number of hydrogen-bond donors (Lipinski definition) is 2. The summed E-state index contributed by atoms with van der Waals surface area (Å²) in [5.41, 5.74) is 10.5. The van der Waals surface area contributed by atoms with Gasteiger partial charge in [0.05, 0.1) is 6.61 Å². The molecule has 140 valence electrons. The average Bonchev–Trinajstić information content (AvgIpc) is 3.04. The molecule has 1 aromatic carbocycles. The summed E-state index contributed by atoms with van der Waals surface area (Å²) >= 11 is 0. The van der Waals surface area contributed by atoms with E-state index < -0.39 is 0 Å². The third kappa shape index (κ3) is 4.84. The predicted octanol–water partition coefficient (Wildman–Crippen LogP) is 3.96. The van der Waals surface area contributed by atoms with Crippen LogP contribution in [-0.2, 0) is 17.6 Å². The maximum absolute atomic E-state index is 9.50. The summed E-state index contributed by atoms with van der Waals surface area (Å²) in [7, 11) is 1.79. The summed E-state index contributed by atoms with van der Waals surface area (Å²) < 4.78 is 5.13. The Balaban J connectivity index is 1.53. The smallest absolute Gasteiger partial charge is 0.0611 e. The molecule has 25 heavy (non-hydrogen) atoms. The van der Waals surface area contributed by atoms with Gasteiger partial charge in [0.1, 0.15) is 0 Å². The summed E-state index contributed by atoms with van der Waals surface area (Å²) in [5.74, 6) is 1.39. The van der Waals surface area contributed by atoms with Crippen molar-refractivity contribution in [1.29, 1.82) is 0 Å². The van der Waals surface area contributed by atoms with E-state index in [0.29, 0.717) is 5.92 Å². The van der Waals surface area contributed by atoms with E-state index in [1.807, 2.05) is 0 Å². The summed E-state index contributed by atoms with van der Waals surface area (Å²) in [4.78, 5) is 0. The molecule has 1 fully saturated rings. The van der Waals surface area contributed by atoms with Gasteiger partial charge in [0.15, 0.2) is 0 Å². The lowest BCUT2D eigenvalue weighted by molar-refractivity contribution is 0.191. The maximum Gasteiger partial charge on any atom is 0.0611 e. The van der Waals surface area contributed by atoms with Crippen molar-refractivity contribution in [2.24, 2.45) is 11.7 Å². The van der Waals surface area contributed by atoms with E-state index >= 15 is 0 Å². The van der Waals surface area contributed by atoms with Crippen molar-refractivity contribution in [3.05, 3.63) is 34.9 Å². The molecule has 2 aliphatic rings. The third-order valence-electron chi connectivity index (χ3n) is 6.45. The van der Waals surface area contributed by atoms with E-state index in [2.05, 4.69) is 18.2 Å². The molecule has 0 unspecified atom stereocenters. The van der Waals surface area contributed by atoms with Crippen molar-refractivity contribution in [1.82, 2.24) is 0 Å². The van der Waals surface area contributed by atoms with Gasteiger partial charge in [-0.3, -0.25) is 0 Å². The quantitative estimate of drug-likeness (QED) is 0.701. The zero-order valence-electron chi connectivity index (χ0n) is 15.8. The Morgan fingerprint density at radius 1 is 1.20 bits per heavy atom. The Morgan fingerprint density at radius 2 is 2.08 bits per heavy atom. The standard InChI is InChI=1S/C22H35NO2/c1-25-12-4-2-3-5-17-6-7-19-14-20(9-8-18(19)13-17)21-10-11-22(23,15-21)16-24/h8-9,14,17,21,24H,2-7,10-13,15-16,23H2,1H3/t17-,21-,22+/m0/s1. The molecule has 0 aromatic heterocycles. The second kappa shape index (κ2) is 8.66. The van der Waals surface area contributed by atoms with E-state index in [9.17, 15) is 5.11 Å². The molecule has 0 spiro atoms. The molecule has 1 saturated carbocycles. The van der Waals surface area contributed by atoms with Gasteiger partial charge in [-0.15, -0.1) is 0 Å². The van der Waals surface area contributed by atoms with Gasteiger partial charge < -0.3 is 15.6 Å². The molecule has 0 radical (unpaired) electrons. The molecular weight excluding hydrogens is 310 g/mol. The average molecular weight is 346 g/mol. The SMILES string of the molecule is COCCCCC[C@H]1CCc2cc([C@H]3CC[C@](N)(CO)C3)ccc2C1. The van der Waals surface area contributed by atoms with E-state index in [4.69, 9.17) is 10.5 Å². The van der Waals surface area contributed by atoms with Crippen LogP contribution in [0.1, 0.15) is 74.0 Å². The van der Waals surface area contributed by atoms with Gasteiger partial charge in [-0.05, 0) is 73.5 Å². The predicted molar refractivity (Wildman–Crippen MR) is 103 cm³/mol. The largest absolute Gasteiger partial charge is 0.394 e. The number of benzene rings is 1. The van der Waals surface area contributed by atoms with Crippen LogP contribution in [0.25, 0.3) is 0 Å². The van der Waals surface area contributed by atoms with Gasteiger partial charge in [0.25, 0.3) is 0 Å². The number of unbranched alkanes of at least 4 members (excludes halogenated alkanes) is 2. The highest BCUT2D eigenvalue weighted by Gasteiger charge is 2.36. The third-order valence-corrected chi connectivity index (χ3v) is 6.45. The first-order valence-electron chi connectivity index (χ1n) is 10.1. The molecule has 3 atom stereocenters.